The van der Waals surface area contributed by atoms with Crippen molar-refractivity contribution in [2.24, 2.45) is 0 Å². The third-order valence-electron chi connectivity index (χ3n) is 3.46. The van der Waals surface area contributed by atoms with Crippen LogP contribution in [0.1, 0.15) is 18.0 Å². The van der Waals surface area contributed by atoms with Gasteiger partial charge < -0.3 is 10.4 Å². The van der Waals surface area contributed by atoms with Gasteiger partial charge in [0.05, 0.1) is 17.4 Å². The van der Waals surface area contributed by atoms with E-state index in [4.69, 9.17) is 5.26 Å². The molecule has 1 heterocycles. The van der Waals surface area contributed by atoms with E-state index in [-0.39, 0.29) is 48.7 Å². The lowest BCUT2D eigenvalue weighted by Crippen LogP contribution is -2.45. The first kappa shape index (κ1) is 20.4. The molecule has 2 N–H and O–H groups in total. The van der Waals surface area contributed by atoms with E-state index in [0.717, 1.165) is 26.2 Å². The molecule has 1 aromatic rings. The molecule has 1 saturated heterocycles. The zero-order valence-electron chi connectivity index (χ0n) is 11.8. The van der Waals surface area contributed by atoms with Crippen molar-refractivity contribution in [3.8, 4) is 11.8 Å². The van der Waals surface area contributed by atoms with Crippen molar-refractivity contribution in [3.05, 3.63) is 33.9 Å². The van der Waals surface area contributed by atoms with Crippen LogP contribution in [0.4, 0.5) is 5.69 Å². The van der Waals surface area contributed by atoms with Gasteiger partial charge in [-0.2, -0.15) is 5.26 Å². The molecule has 0 saturated carbocycles. The molecule has 0 unspecified atom stereocenters. The molecule has 0 aromatic heterocycles. The Morgan fingerprint density at radius 2 is 2.05 bits per heavy atom. The third kappa shape index (κ3) is 4.71. The van der Waals surface area contributed by atoms with Crippen molar-refractivity contribution in [2.75, 3.05) is 26.2 Å². The van der Waals surface area contributed by atoms with Crippen LogP contribution >= 0.6 is 24.8 Å². The van der Waals surface area contributed by atoms with Crippen LogP contribution < -0.4 is 5.32 Å². The minimum absolute atomic E-state index is 0. The summed E-state index contributed by atoms with van der Waals surface area (Å²) in [5.74, 6) is -0.352. The van der Waals surface area contributed by atoms with Crippen LogP contribution in [0.3, 0.4) is 0 Å². The number of piperazine rings is 1. The van der Waals surface area contributed by atoms with Gasteiger partial charge in [-0.25, -0.2) is 0 Å². The first-order valence-electron chi connectivity index (χ1n) is 6.42. The number of aromatic hydroxyl groups is 1. The van der Waals surface area contributed by atoms with Crippen molar-refractivity contribution in [1.29, 1.82) is 5.26 Å². The highest BCUT2D eigenvalue weighted by Gasteiger charge is 2.24. The summed E-state index contributed by atoms with van der Waals surface area (Å²) in [6, 6.07) is 6.28. The minimum atomic E-state index is -0.611. The lowest BCUT2D eigenvalue weighted by molar-refractivity contribution is -0.386. The van der Waals surface area contributed by atoms with Gasteiger partial charge >= 0.3 is 5.69 Å². The van der Waals surface area contributed by atoms with Gasteiger partial charge in [0.2, 0.25) is 0 Å². The number of halogens is 2. The molecule has 2 rings (SSSR count). The Morgan fingerprint density at radius 3 is 2.59 bits per heavy atom. The SMILES string of the molecule is Cl.Cl.N#CC[C@@H](c1ccc(O)c([N+](=O)[O-])c1)N1CCNCC1. The molecule has 1 aliphatic rings. The van der Waals surface area contributed by atoms with Crippen molar-refractivity contribution in [3.63, 3.8) is 0 Å². The van der Waals surface area contributed by atoms with E-state index in [9.17, 15) is 15.2 Å². The maximum Gasteiger partial charge on any atom is 0.311 e. The number of nitro benzene ring substituents is 1. The van der Waals surface area contributed by atoms with Gasteiger partial charge in [-0.15, -0.1) is 24.8 Å². The van der Waals surface area contributed by atoms with Gasteiger partial charge in [0, 0.05) is 38.3 Å². The molecule has 0 bridgehead atoms. The van der Waals surface area contributed by atoms with Crippen molar-refractivity contribution >= 4 is 30.5 Å². The predicted octanol–water partition coefficient (Wildman–Crippen LogP) is 2.00. The monoisotopic (exact) mass is 348 g/mol. The van der Waals surface area contributed by atoms with E-state index in [1.54, 1.807) is 6.07 Å². The molecule has 1 fully saturated rings. The Labute approximate surface area is 140 Å². The minimum Gasteiger partial charge on any atom is -0.502 e. The fourth-order valence-electron chi connectivity index (χ4n) is 2.43. The number of hydrogen-bond donors (Lipinski definition) is 2. The number of phenols is 1. The number of nitro groups is 1. The van der Waals surface area contributed by atoms with E-state index in [0.29, 0.717) is 5.56 Å². The molecule has 0 aliphatic carbocycles. The third-order valence-corrected chi connectivity index (χ3v) is 3.46. The molecule has 1 aliphatic heterocycles. The summed E-state index contributed by atoms with van der Waals surface area (Å²) in [4.78, 5) is 12.4. The van der Waals surface area contributed by atoms with E-state index in [1.165, 1.54) is 12.1 Å². The smallest absolute Gasteiger partial charge is 0.311 e. The molecule has 22 heavy (non-hydrogen) atoms. The second kappa shape index (κ2) is 9.43. The Morgan fingerprint density at radius 1 is 1.41 bits per heavy atom. The molecule has 122 valence electrons. The number of nitrogens with zero attached hydrogens (tertiary/aromatic N) is 3. The second-order valence-electron chi connectivity index (χ2n) is 4.67. The van der Waals surface area contributed by atoms with E-state index in [1.807, 2.05) is 0 Å². The average molecular weight is 349 g/mol. The fourth-order valence-corrected chi connectivity index (χ4v) is 2.43. The number of nitrogens with one attached hydrogen (secondary N) is 1. The zero-order valence-corrected chi connectivity index (χ0v) is 13.4. The Bertz CT molecular complexity index is 545. The molecular formula is C13H18Cl2N4O3. The summed E-state index contributed by atoms with van der Waals surface area (Å²) in [6.45, 7) is 3.26. The average Bonchev–Trinajstić information content (AvgIpc) is 2.46. The molecule has 7 nitrogen and oxygen atoms in total. The summed E-state index contributed by atoms with van der Waals surface area (Å²) >= 11 is 0. The van der Waals surface area contributed by atoms with Crippen LogP contribution in [0.25, 0.3) is 0 Å². The molecule has 0 amide bonds. The summed E-state index contributed by atoms with van der Waals surface area (Å²) in [6.07, 6.45) is 0.266. The standard InChI is InChI=1S/C13H16N4O3.2ClH/c14-4-3-11(16-7-5-15-6-8-16)10-1-2-13(18)12(9-10)17(19)20;;/h1-2,9,11,15,18H,3,5-8H2;2*1H/t11-;;/m0../s1. The number of hydrogen-bond acceptors (Lipinski definition) is 6. The van der Waals surface area contributed by atoms with Gasteiger partial charge in [-0.1, -0.05) is 6.07 Å². The Hall–Kier alpha value is -1.59. The molecular weight excluding hydrogens is 331 g/mol. The number of rotatable bonds is 4. The van der Waals surface area contributed by atoms with Crippen LogP contribution in [0.5, 0.6) is 5.75 Å². The van der Waals surface area contributed by atoms with Crippen LogP contribution in [0.15, 0.2) is 18.2 Å². The van der Waals surface area contributed by atoms with Crippen molar-refractivity contribution < 1.29 is 10.0 Å². The highest BCUT2D eigenvalue weighted by molar-refractivity contribution is 5.85. The van der Waals surface area contributed by atoms with Crippen LogP contribution in [0, 0.1) is 21.4 Å². The summed E-state index contributed by atoms with van der Waals surface area (Å²) in [5.41, 5.74) is 0.374. The second-order valence-corrected chi connectivity index (χ2v) is 4.67. The molecule has 1 atom stereocenters. The maximum absolute atomic E-state index is 10.9. The topological polar surface area (TPSA) is 102 Å². The van der Waals surface area contributed by atoms with Crippen molar-refractivity contribution in [2.45, 2.75) is 12.5 Å². The number of nitriles is 1. The quantitative estimate of drug-likeness (QED) is 0.637. The highest BCUT2D eigenvalue weighted by atomic mass is 35.5. The highest BCUT2D eigenvalue weighted by Crippen LogP contribution is 2.32. The zero-order chi connectivity index (χ0) is 14.5. The largest absolute Gasteiger partial charge is 0.502 e. The molecule has 0 radical (unpaired) electrons. The van der Waals surface area contributed by atoms with Crippen LogP contribution in [-0.4, -0.2) is 41.1 Å². The number of phenolic OH excluding ortho intramolecular Hbond substituents is 1. The lowest BCUT2D eigenvalue weighted by atomic mass is 10.0. The summed E-state index contributed by atoms with van der Waals surface area (Å²) in [7, 11) is 0. The normalized spacial score (nSPS) is 15.8. The van der Waals surface area contributed by atoms with Crippen LogP contribution in [0.2, 0.25) is 0 Å². The van der Waals surface area contributed by atoms with Crippen molar-refractivity contribution in [1.82, 2.24) is 10.2 Å². The van der Waals surface area contributed by atoms with Gasteiger partial charge in [-0.3, -0.25) is 15.0 Å². The number of benzene rings is 1. The lowest BCUT2D eigenvalue weighted by Gasteiger charge is -2.34. The van der Waals surface area contributed by atoms with Gasteiger partial charge in [0.1, 0.15) is 0 Å². The van der Waals surface area contributed by atoms with Gasteiger partial charge in [0.15, 0.2) is 5.75 Å². The van der Waals surface area contributed by atoms with Crippen LogP contribution in [-0.2, 0) is 0 Å². The first-order valence-corrected chi connectivity index (χ1v) is 6.42. The Kier molecular flexibility index (Phi) is 8.75. The molecule has 9 heteroatoms. The summed E-state index contributed by atoms with van der Waals surface area (Å²) in [5, 5.41) is 32.6. The fraction of sp³-hybridized carbons (Fsp3) is 0.462. The summed E-state index contributed by atoms with van der Waals surface area (Å²) < 4.78 is 0. The molecule has 1 aromatic carbocycles. The molecule has 0 spiro atoms. The van der Waals surface area contributed by atoms with Gasteiger partial charge in [0.25, 0.3) is 0 Å². The first-order chi connectivity index (χ1) is 9.63. The predicted molar refractivity (Wildman–Crippen MR) is 86.7 cm³/mol. The van der Waals surface area contributed by atoms with Gasteiger partial charge in [-0.05, 0) is 11.6 Å². The van der Waals surface area contributed by atoms with E-state index >= 15 is 0 Å². The Balaban J connectivity index is 0.00000220. The van der Waals surface area contributed by atoms with E-state index < -0.39 is 4.92 Å². The maximum atomic E-state index is 10.9. The van der Waals surface area contributed by atoms with E-state index in [2.05, 4.69) is 16.3 Å².